The summed E-state index contributed by atoms with van der Waals surface area (Å²) in [6.07, 6.45) is 7.59. The Labute approximate surface area is 168 Å². The van der Waals surface area contributed by atoms with E-state index in [1.165, 1.54) is 31.0 Å². The van der Waals surface area contributed by atoms with Crippen molar-refractivity contribution in [1.82, 2.24) is 20.4 Å². The summed E-state index contributed by atoms with van der Waals surface area (Å²) in [4.78, 5) is 21.0. The summed E-state index contributed by atoms with van der Waals surface area (Å²) in [7, 11) is 0. The summed E-state index contributed by atoms with van der Waals surface area (Å²) in [6.45, 7) is 0. The Hall–Kier alpha value is -2.67. The molecule has 1 saturated carbocycles. The molecule has 1 aliphatic rings. The van der Waals surface area contributed by atoms with Gasteiger partial charge in [0.1, 0.15) is 0 Å². The molecule has 1 aliphatic carbocycles. The molecule has 3 aromatic rings. The van der Waals surface area contributed by atoms with Gasteiger partial charge in [0.05, 0.1) is 16.3 Å². The first-order chi connectivity index (χ1) is 13.8. The molecule has 2 heterocycles. The lowest BCUT2D eigenvalue weighted by molar-refractivity contribution is -0.119. The van der Waals surface area contributed by atoms with E-state index in [0.29, 0.717) is 23.5 Å². The van der Waals surface area contributed by atoms with E-state index in [2.05, 4.69) is 20.4 Å². The van der Waals surface area contributed by atoms with Crippen LogP contribution in [0.1, 0.15) is 32.1 Å². The van der Waals surface area contributed by atoms with Crippen molar-refractivity contribution in [3.05, 3.63) is 48.7 Å². The number of amides is 1. The molecule has 0 bridgehead atoms. The van der Waals surface area contributed by atoms with E-state index in [9.17, 15) is 4.79 Å². The number of nitrogens with zero attached hydrogens (tertiary/aromatic N) is 3. The summed E-state index contributed by atoms with van der Waals surface area (Å²) >= 11 is 1.43. The Kier molecular flexibility index (Phi) is 6.01. The molecule has 1 fully saturated rings. The van der Waals surface area contributed by atoms with E-state index in [0.717, 1.165) is 29.0 Å². The van der Waals surface area contributed by atoms with Crippen molar-refractivity contribution in [1.29, 1.82) is 0 Å². The molecular formula is C21H22N4O2S. The standard InChI is InChI=1S/C21H22N4O2S/c26-18(23-17-9-5-2-6-10-17)14-28-19-12-11-16(13-22-19)21-24-20(25-27-21)15-7-3-1-4-8-15/h1,3-4,7-8,11-13,17H,2,5-6,9-10,14H2,(H,23,26). The maximum atomic E-state index is 12.1. The van der Waals surface area contributed by atoms with Crippen molar-refractivity contribution in [2.24, 2.45) is 0 Å². The molecule has 144 valence electrons. The number of pyridine rings is 1. The second kappa shape index (κ2) is 9.01. The van der Waals surface area contributed by atoms with E-state index in [4.69, 9.17) is 4.52 Å². The van der Waals surface area contributed by atoms with Crippen molar-refractivity contribution in [3.63, 3.8) is 0 Å². The number of aromatic nitrogens is 3. The largest absolute Gasteiger partial charge is 0.353 e. The van der Waals surface area contributed by atoms with E-state index >= 15 is 0 Å². The van der Waals surface area contributed by atoms with Crippen molar-refractivity contribution < 1.29 is 9.32 Å². The third-order valence-corrected chi connectivity index (χ3v) is 5.71. The van der Waals surface area contributed by atoms with Crippen molar-refractivity contribution >= 4 is 17.7 Å². The van der Waals surface area contributed by atoms with Crippen LogP contribution >= 0.6 is 11.8 Å². The lowest BCUT2D eigenvalue weighted by Crippen LogP contribution is -2.37. The predicted octanol–water partition coefficient (Wildman–Crippen LogP) is 4.34. The van der Waals surface area contributed by atoms with Crippen LogP contribution in [0.15, 0.2) is 58.2 Å². The second-order valence-corrected chi connectivity index (χ2v) is 7.86. The first-order valence-corrected chi connectivity index (χ1v) is 10.5. The van der Waals surface area contributed by atoms with Gasteiger partial charge in [0.15, 0.2) is 0 Å². The van der Waals surface area contributed by atoms with Crippen LogP contribution in [0.4, 0.5) is 0 Å². The quantitative estimate of drug-likeness (QED) is 0.627. The first-order valence-electron chi connectivity index (χ1n) is 9.56. The summed E-state index contributed by atoms with van der Waals surface area (Å²) in [5, 5.41) is 7.95. The zero-order valence-corrected chi connectivity index (χ0v) is 16.3. The van der Waals surface area contributed by atoms with Crippen molar-refractivity contribution in [2.45, 2.75) is 43.2 Å². The molecule has 1 N–H and O–H groups in total. The minimum Gasteiger partial charge on any atom is -0.353 e. The Morgan fingerprint density at radius 1 is 1.07 bits per heavy atom. The molecule has 1 amide bonds. The van der Waals surface area contributed by atoms with Crippen molar-refractivity contribution in [3.8, 4) is 22.8 Å². The van der Waals surface area contributed by atoms with Gasteiger partial charge in [-0.15, -0.1) is 0 Å². The Morgan fingerprint density at radius 2 is 1.89 bits per heavy atom. The highest BCUT2D eigenvalue weighted by Gasteiger charge is 2.16. The minimum absolute atomic E-state index is 0.0761. The smallest absolute Gasteiger partial charge is 0.259 e. The highest BCUT2D eigenvalue weighted by molar-refractivity contribution is 7.99. The van der Waals surface area contributed by atoms with Gasteiger partial charge < -0.3 is 9.84 Å². The number of carbonyl (C=O) groups excluding carboxylic acids is 1. The topological polar surface area (TPSA) is 80.9 Å². The summed E-state index contributed by atoms with van der Waals surface area (Å²) < 4.78 is 5.36. The molecule has 28 heavy (non-hydrogen) atoms. The van der Waals surface area contributed by atoms with Gasteiger partial charge in [-0.05, 0) is 25.0 Å². The van der Waals surface area contributed by atoms with E-state index in [-0.39, 0.29) is 5.91 Å². The van der Waals surface area contributed by atoms with E-state index in [1.54, 1.807) is 6.20 Å². The normalized spacial score (nSPS) is 14.7. The number of carbonyl (C=O) groups is 1. The molecule has 4 rings (SSSR count). The highest BCUT2D eigenvalue weighted by Crippen LogP contribution is 2.24. The molecule has 7 heteroatoms. The molecule has 0 radical (unpaired) electrons. The van der Waals surface area contributed by atoms with Gasteiger partial charge in [0, 0.05) is 17.8 Å². The van der Waals surface area contributed by atoms with E-state index < -0.39 is 0 Å². The molecule has 0 spiro atoms. The monoisotopic (exact) mass is 394 g/mol. The molecule has 0 unspecified atom stereocenters. The number of thioether (sulfide) groups is 1. The Morgan fingerprint density at radius 3 is 2.64 bits per heavy atom. The average molecular weight is 395 g/mol. The molecule has 6 nitrogen and oxygen atoms in total. The van der Waals surface area contributed by atoms with Crippen LogP contribution in [0, 0.1) is 0 Å². The van der Waals surface area contributed by atoms with Gasteiger partial charge in [0.2, 0.25) is 11.7 Å². The van der Waals surface area contributed by atoms with Crippen LogP contribution in [0.5, 0.6) is 0 Å². The zero-order chi connectivity index (χ0) is 19.2. The van der Waals surface area contributed by atoms with Crippen LogP contribution in [0.3, 0.4) is 0 Å². The first kappa shape index (κ1) is 18.7. The van der Waals surface area contributed by atoms with Crippen LogP contribution in [-0.2, 0) is 4.79 Å². The Balaban J connectivity index is 1.32. The van der Waals surface area contributed by atoms with Gasteiger partial charge in [0.25, 0.3) is 5.89 Å². The number of nitrogens with one attached hydrogen (secondary N) is 1. The fourth-order valence-electron chi connectivity index (χ4n) is 3.29. The third kappa shape index (κ3) is 4.78. The van der Waals surface area contributed by atoms with Crippen LogP contribution < -0.4 is 5.32 Å². The van der Waals surface area contributed by atoms with Crippen LogP contribution in [-0.4, -0.2) is 32.8 Å². The van der Waals surface area contributed by atoms with Gasteiger partial charge in [-0.2, -0.15) is 4.98 Å². The third-order valence-electron chi connectivity index (χ3n) is 4.76. The fraction of sp³-hybridized carbons (Fsp3) is 0.333. The summed E-state index contributed by atoms with van der Waals surface area (Å²) in [5.74, 6) is 1.43. The highest BCUT2D eigenvalue weighted by atomic mass is 32.2. The van der Waals surface area contributed by atoms with Gasteiger partial charge >= 0.3 is 0 Å². The number of hydrogen-bond acceptors (Lipinski definition) is 6. The average Bonchev–Trinajstić information content (AvgIpc) is 3.24. The summed E-state index contributed by atoms with van der Waals surface area (Å²) in [6, 6.07) is 13.8. The SMILES string of the molecule is O=C(CSc1ccc(-c2nc(-c3ccccc3)no2)cn1)NC1CCCCC1. The Bertz CT molecular complexity index is 906. The molecule has 1 aromatic carbocycles. The number of rotatable bonds is 6. The van der Waals surface area contributed by atoms with Gasteiger partial charge in [-0.3, -0.25) is 4.79 Å². The molecule has 0 saturated heterocycles. The minimum atomic E-state index is 0.0761. The van der Waals surface area contributed by atoms with Crippen LogP contribution in [0.2, 0.25) is 0 Å². The van der Waals surface area contributed by atoms with E-state index in [1.807, 2.05) is 42.5 Å². The molecule has 2 aromatic heterocycles. The zero-order valence-electron chi connectivity index (χ0n) is 15.5. The molecular weight excluding hydrogens is 372 g/mol. The summed E-state index contributed by atoms with van der Waals surface area (Å²) in [5.41, 5.74) is 1.66. The molecule has 0 atom stereocenters. The van der Waals surface area contributed by atoms with Gasteiger partial charge in [-0.25, -0.2) is 4.98 Å². The number of hydrogen-bond donors (Lipinski definition) is 1. The lowest BCUT2D eigenvalue weighted by Gasteiger charge is -2.22. The number of benzene rings is 1. The predicted molar refractivity (Wildman–Crippen MR) is 109 cm³/mol. The van der Waals surface area contributed by atoms with Gasteiger partial charge in [-0.1, -0.05) is 66.5 Å². The molecule has 0 aliphatic heterocycles. The van der Waals surface area contributed by atoms with Crippen molar-refractivity contribution in [2.75, 3.05) is 5.75 Å². The van der Waals surface area contributed by atoms with Crippen LogP contribution in [0.25, 0.3) is 22.8 Å². The maximum absolute atomic E-state index is 12.1. The fourth-order valence-corrected chi connectivity index (χ4v) is 3.95. The maximum Gasteiger partial charge on any atom is 0.259 e. The lowest BCUT2D eigenvalue weighted by atomic mass is 9.95. The second-order valence-electron chi connectivity index (χ2n) is 6.87.